The Morgan fingerprint density at radius 2 is 1.81 bits per heavy atom. The molecule has 4 rings (SSSR count). The normalized spacial score (nSPS) is 14.2. The molecule has 6 nitrogen and oxygen atoms in total. The van der Waals surface area contributed by atoms with Crippen molar-refractivity contribution in [3.8, 4) is 0 Å². The molecule has 0 fully saturated rings. The highest BCUT2D eigenvalue weighted by Gasteiger charge is 2.19. The largest absolute Gasteiger partial charge is 0.368 e. The first-order valence-corrected chi connectivity index (χ1v) is 10.3. The number of nitrogens with two attached hydrogens (primary N) is 1. The fraction of sp³-hybridized carbons (Fsp3) is 0.158. The SMILES string of the molecule is CC(SC1=Nc2ccccc2CS1)c1nc(N)nc(Nc2ccccc2)n1. The lowest BCUT2D eigenvalue weighted by molar-refractivity contribution is 0.899. The fourth-order valence-corrected chi connectivity index (χ4v) is 4.81. The zero-order valence-electron chi connectivity index (χ0n) is 14.7. The van der Waals surface area contributed by atoms with Gasteiger partial charge in [-0.15, -0.1) is 0 Å². The summed E-state index contributed by atoms with van der Waals surface area (Å²) < 4.78 is 1.01. The van der Waals surface area contributed by atoms with Gasteiger partial charge in [0.25, 0.3) is 0 Å². The Bertz CT molecular complexity index is 977. The summed E-state index contributed by atoms with van der Waals surface area (Å²) in [4.78, 5) is 17.8. The van der Waals surface area contributed by atoms with Gasteiger partial charge in [0.15, 0.2) is 0 Å². The van der Waals surface area contributed by atoms with Gasteiger partial charge in [0.2, 0.25) is 11.9 Å². The predicted molar refractivity (Wildman–Crippen MR) is 115 cm³/mol. The van der Waals surface area contributed by atoms with Crippen LogP contribution >= 0.6 is 23.5 Å². The third-order valence-corrected chi connectivity index (χ3v) is 6.19. The molecule has 3 aromatic rings. The minimum atomic E-state index is 0.00290. The van der Waals surface area contributed by atoms with Crippen LogP contribution in [0.4, 0.5) is 23.3 Å². The van der Waals surface area contributed by atoms with Crippen molar-refractivity contribution >= 4 is 51.2 Å². The van der Waals surface area contributed by atoms with E-state index in [2.05, 4.69) is 33.3 Å². The highest BCUT2D eigenvalue weighted by Crippen LogP contribution is 2.39. The summed E-state index contributed by atoms with van der Waals surface area (Å²) in [5, 5.41) is 3.17. The number of thioether (sulfide) groups is 2. The van der Waals surface area contributed by atoms with E-state index in [4.69, 9.17) is 10.7 Å². The second-order valence-electron chi connectivity index (χ2n) is 5.92. The fourth-order valence-electron chi connectivity index (χ4n) is 2.57. The van der Waals surface area contributed by atoms with Crippen molar-refractivity contribution in [3.63, 3.8) is 0 Å². The third kappa shape index (κ3) is 4.40. The zero-order valence-corrected chi connectivity index (χ0v) is 16.3. The maximum absolute atomic E-state index is 5.90. The molecule has 1 atom stereocenters. The lowest BCUT2D eigenvalue weighted by Gasteiger charge is -2.17. The van der Waals surface area contributed by atoms with Crippen molar-refractivity contribution in [1.82, 2.24) is 15.0 Å². The molecule has 2 heterocycles. The molecule has 0 amide bonds. The van der Waals surface area contributed by atoms with Crippen molar-refractivity contribution in [3.05, 3.63) is 66.0 Å². The monoisotopic (exact) mass is 394 g/mol. The molecule has 2 aromatic carbocycles. The van der Waals surface area contributed by atoms with Crippen molar-refractivity contribution in [2.24, 2.45) is 4.99 Å². The van der Waals surface area contributed by atoms with Crippen LogP contribution in [0.2, 0.25) is 0 Å². The minimum absolute atomic E-state index is 0.00290. The second-order valence-corrected chi connectivity index (χ2v) is 8.47. The van der Waals surface area contributed by atoms with Crippen LogP contribution in [-0.4, -0.2) is 19.3 Å². The number of hydrogen-bond acceptors (Lipinski definition) is 8. The van der Waals surface area contributed by atoms with E-state index in [0.717, 1.165) is 21.5 Å². The van der Waals surface area contributed by atoms with Crippen LogP contribution in [0.1, 0.15) is 23.6 Å². The van der Waals surface area contributed by atoms with Crippen LogP contribution < -0.4 is 11.1 Å². The molecule has 0 spiro atoms. The Hall–Kier alpha value is -2.58. The average molecular weight is 395 g/mol. The van der Waals surface area contributed by atoms with Gasteiger partial charge in [-0.1, -0.05) is 59.9 Å². The van der Waals surface area contributed by atoms with Gasteiger partial charge in [-0.3, -0.25) is 0 Å². The number of anilines is 3. The van der Waals surface area contributed by atoms with E-state index in [9.17, 15) is 0 Å². The Balaban J connectivity index is 1.52. The molecule has 1 aliphatic heterocycles. The highest BCUT2D eigenvalue weighted by molar-refractivity contribution is 8.38. The number of aromatic nitrogens is 3. The molecule has 8 heteroatoms. The molecule has 0 saturated heterocycles. The second kappa shape index (κ2) is 7.98. The van der Waals surface area contributed by atoms with Crippen molar-refractivity contribution in [2.75, 3.05) is 11.1 Å². The van der Waals surface area contributed by atoms with Crippen molar-refractivity contribution < 1.29 is 0 Å². The Kier molecular flexibility index (Phi) is 5.26. The van der Waals surface area contributed by atoms with E-state index in [1.54, 1.807) is 23.5 Å². The summed E-state index contributed by atoms with van der Waals surface area (Å²) >= 11 is 3.37. The van der Waals surface area contributed by atoms with Gasteiger partial charge in [0.1, 0.15) is 10.2 Å². The standard InChI is InChI=1S/C19H18N6S2/c1-12(27-19-22-15-10-6-5-7-13(15)11-26-19)16-23-17(20)25-18(24-16)21-14-8-3-2-4-9-14/h2-10,12H,11H2,1H3,(H3,20,21,23,24,25). The Morgan fingerprint density at radius 1 is 1.04 bits per heavy atom. The number of nitrogens with zero attached hydrogens (tertiary/aromatic N) is 4. The summed E-state index contributed by atoms with van der Waals surface area (Å²) in [6.07, 6.45) is 0. The molecule has 3 N–H and O–H groups in total. The Morgan fingerprint density at radius 3 is 2.67 bits per heavy atom. The summed E-state index contributed by atoms with van der Waals surface area (Å²) in [5.41, 5.74) is 9.10. The number of hydrogen-bond donors (Lipinski definition) is 2. The molecule has 0 saturated carbocycles. The molecular formula is C19H18N6S2. The number of aliphatic imine (C=N–C) groups is 1. The van der Waals surface area contributed by atoms with Gasteiger partial charge in [0.05, 0.1) is 10.9 Å². The number of para-hydroxylation sites is 2. The number of nitrogen functional groups attached to an aromatic ring is 1. The van der Waals surface area contributed by atoms with E-state index in [1.807, 2.05) is 48.5 Å². The van der Waals surface area contributed by atoms with Crippen LogP contribution in [0.25, 0.3) is 0 Å². The average Bonchev–Trinajstić information content (AvgIpc) is 2.68. The topological polar surface area (TPSA) is 89.1 Å². The van der Waals surface area contributed by atoms with E-state index >= 15 is 0 Å². The maximum Gasteiger partial charge on any atom is 0.232 e. The van der Waals surface area contributed by atoms with Gasteiger partial charge in [0, 0.05) is 11.4 Å². The van der Waals surface area contributed by atoms with Gasteiger partial charge < -0.3 is 11.1 Å². The summed E-state index contributed by atoms with van der Waals surface area (Å²) in [7, 11) is 0. The molecule has 0 bridgehead atoms. The first-order chi connectivity index (χ1) is 13.2. The smallest absolute Gasteiger partial charge is 0.232 e. The van der Waals surface area contributed by atoms with E-state index in [0.29, 0.717) is 11.8 Å². The molecule has 136 valence electrons. The first kappa shape index (κ1) is 17.8. The molecule has 0 aliphatic carbocycles. The highest BCUT2D eigenvalue weighted by atomic mass is 32.2. The maximum atomic E-state index is 5.90. The zero-order chi connectivity index (χ0) is 18.6. The van der Waals surface area contributed by atoms with Gasteiger partial charge in [-0.25, -0.2) is 4.99 Å². The van der Waals surface area contributed by atoms with Gasteiger partial charge in [-0.2, -0.15) is 15.0 Å². The predicted octanol–water partition coefficient (Wildman–Crippen LogP) is 4.93. The summed E-state index contributed by atoms with van der Waals surface area (Å²) in [6, 6.07) is 18.0. The molecule has 1 aromatic heterocycles. The summed E-state index contributed by atoms with van der Waals surface area (Å²) in [6.45, 7) is 2.05. The van der Waals surface area contributed by atoms with Crippen molar-refractivity contribution in [2.45, 2.75) is 17.9 Å². The number of fused-ring (bicyclic) bond motifs is 1. The first-order valence-electron chi connectivity index (χ1n) is 8.47. The van der Waals surface area contributed by atoms with E-state index in [1.165, 1.54) is 5.56 Å². The number of nitrogens with one attached hydrogen (secondary N) is 1. The van der Waals surface area contributed by atoms with Crippen LogP contribution in [0.15, 0.2) is 59.6 Å². The van der Waals surface area contributed by atoms with Crippen LogP contribution in [-0.2, 0) is 5.75 Å². The quantitative estimate of drug-likeness (QED) is 0.649. The van der Waals surface area contributed by atoms with Crippen LogP contribution in [0.5, 0.6) is 0 Å². The molecule has 1 unspecified atom stereocenters. The molecule has 0 radical (unpaired) electrons. The Labute approximate surface area is 166 Å². The van der Waals surface area contributed by atoms with Gasteiger partial charge in [-0.05, 0) is 30.7 Å². The lowest BCUT2D eigenvalue weighted by atomic mass is 10.2. The molecule has 27 heavy (non-hydrogen) atoms. The minimum Gasteiger partial charge on any atom is -0.368 e. The number of benzene rings is 2. The summed E-state index contributed by atoms with van der Waals surface area (Å²) in [5.74, 6) is 2.21. The van der Waals surface area contributed by atoms with E-state index in [-0.39, 0.29) is 11.2 Å². The van der Waals surface area contributed by atoms with Crippen molar-refractivity contribution in [1.29, 1.82) is 0 Å². The lowest BCUT2D eigenvalue weighted by Crippen LogP contribution is -2.09. The van der Waals surface area contributed by atoms with E-state index < -0.39 is 0 Å². The number of rotatable bonds is 4. The molecular weight excluding hydrogens is 376 g/mol. The van der Waals surface area contributed by atoms with Crippen LogP contribution in [0.3, 0.4) is 0 Å². The van der Waals surface area contributed by atoms with Crippen LogP contribution in [0, 0.1) is 0 Å². The molecule has 1 aliphatic rings. The van der Waals surface area contributed by atoms with Gasteiger partial charge >= 0.3 is 0 Å². The third-order valence-electron chi connectivity index (χ3n) is 3.90.